The number of nitrogen functional groups attached to an aromatic ring is 1. The van der Waals surface area contributed by atoms with E-state index in [1.54, 1.807) is 18.2 Å². The fourth-order valence-electron chi connectivity index (χ4n) is 2.33. The highest BCUT2D eigenvalue weighted by molar-refractivity contribution is 9.10. The summed E-state index contributed by atoms with van der Waals surface area (Å²) in [5.74, 6) is -1.23. The lowest BCUT2D eigenvalue weighted by Gasteiger charge is -2.33. The van der Waals surface area contributed by atoms with Gasteiger partial charge in [-0.15, -0.1) is 0 Å². The molecule has 102 valence electrons. The van der Waals surface area contributed by atoms with Gasteiger partial charge in [-0.25, -0.2) is 4.79 Å². The van der Waals surface area contributed by atoms with Crippen LogP contribution in [0.3, 0.4) is 0 Å². The molecular weight excluding hydrogens is 312 g/mol. The summed E-state index contributed by atoms with van der Waals surface area (Å²) in [6, 6.07) is 4.19. The summed E-state index contributed by atoms with van der Waals surface area (Å²) in [6.07, 6.45) is 2.17. The lowest BCUT2D eigenvalue weighted by molar-refractivity contribution is -0.143. The molecule has 0 unspecified atom stereocenters. The summed E-state index contributed by atoms with van der Waals surface area (Å²) < 4.78 is 0.708. The number of amides is 1. The van der Waals surface area contributed by atoms with Gasteiger partial charge in [0.1, 0.15) is 6.04 Å². The van der Waals surface area contributed by atoms with Gasteiger partial charge in [0.25, 0.3) is 5.91 Å². The number of halogens is 1. The molecule has 1 saturated heterocycles. The number of hydrogen-bond acceptors (Lipinski definition) is 3. The molecule has 6 heteroatoms. The largest absolute Gasteiger partial charge is 0.480 e. The van der Waals surface area contributed by atoms with Crippen LogP contribution in [0.25, 0.3) is 0 Å². The highest BCUT2D eigenvalue weighted by atomic mass is 79.9. The van der Waals surface area contributed by atoms with E-state index in [-0.39, 0.29) is 5.91 Å². The summed E-state index contributed by atoms with van der Waals surface area (Å²) in [6.45, 7) is 0.474. The van der Waals surface area contributed by atoms with Crippen molar-refractivity contribution in [3.05, 3.63) is 28.2 Å². The predicted octanol–water partition coefficient (Wildman–Crippen LogP) is 2.11. The number of carboxylic acid groups (broad SMARTS) is 1. The molecule has 1 aromatic carbocycles. The molecule has 0 aliphatic carbocycles. The zero-order chi connectivity index (χ0) is 14.0. The maximum atomic E-state index is 12.4. The second-order valence-corrected chi connectivity index (χ2v) is 5.54. The van der Waals surface area contributed by atoms with Crippen molar-refractivity contribution in [2.45, 2.75) is 25.3 Å². The fourth-order valence-corrected chi connectivity index (χ4v) is 2.84. The van der Waals surface area contributed by atoms with Crippen LogP contribution in [0.2, 0.25) is 0 Å². The Morgan fingerprint density at radius 2 is 2.05 bits per heavy atom. The summed E-state index contributed by atoms with van der Waals surface area (Å²) >= 11 is 3.28. The SMILES string of the molecule is Nc1cc(Br)cc(C(=O)N2CCCC[C@@H]2C(=O)O)c1. The normalized spacial score (nSPS) is 19.2. The minimum absolute atomic E-state index is 0.278. The topological polar surface area (TPSA) is 83.6 Å². The molecule has 19 heavy (non-hydrogen) atoms. The average Bonchev–Trinajstić information content (AvgIpc) is 2.36. The number of benzene rings is 1. The van der Waals surface area contributed by atoms with Crippen LogP contribution in [0.15, 0.2) is 22.7 Å². The van der Waals surface area contributed by atoms with Crippen LogP contribution in [-0.4, -0.2) is 34.5 Å². The van der Waals surface area contributed by atoms with Crippen molar-refractivity contribution in [2.24, 2.45) is 0 Å². The average molecular weight is 327 g/mol. The van der Waals surface area contributed by atoms with Crippen molar-refractivity contribution < 1.29 is 14.7 Å². The second kappa shape index (κ2) is 5.61. The maximum Gasteiger partial charge on any atom is 0.326 e. The van der Waals surface area contributed by atoms with Crippen LogP contribution >= 0.6 is 15.9 Å². The number of piperidine rings is 1. The highest BCUT2D eigenvalue weighted by Gasteiger charge is 2.32. The van der Waals surface area contributed by atoms with E-state index in [4.69, 9.17) is 5.73 Å². The molecule has 3 N–H and O–H groups in total. The summed E-state index contributed by atoms with van der Waals surface area (Å²) in [5.41, 5.74) is 6.59. The van der Waals surface area contributed by atoms with Gasteiger partial charge in [0.15, 0.2) is 0 Å². The molecule has 0 radical (unpaired) electrons. The van der Waals surface area contributed by atoms with E-state index in [0.717, 1.165) is 12.8 Å². The number of likely N-dealkylation sites (tertiary alicyclic amines) is 1. The Hall–Kier alpha value is -1.56. The zero-order valence-corrected chi connectivity index (χ0v) is 11.9. The van der Waals surface area contributed by atoms with E-state index >= 15 is 0 Å². The Kier molecular flexibility index (Phi) is 4.09. The number of hydrogen-bond donors (Lipinski definition) is 2. The van der Waals surface area contributed by atoms with Crippen LogP contribution in [0.5, 0.6) is 0 Å². The van der Waals surface area contributed by atoms with E-state index < -0.39 is 12.0 Å². The molecule has 1 heterocycles. The third kappa shape index (κ3) is 3.07. The number of rotatable bonds is 2. The first-order valence-corrected chi connectivity index (χ1v) is 6.88. The number of nitrogens with two attached hydrogens (primary N) is 1. The number of anilines is 1. The Balaban J connectivity index is 2.28. The number of carbonyl (C=O) groups excluding carboxylic acids is 1. The van der Waals surface area contributed by atoms with Gasteiger partial charge in [0.05, 0.1) is 0 Å². The zero-order valence-electron chi connectivity index (χ0n) is 10.3. The lowest BCUT2D eigenvalue weighted by atomic mass is 10.0. The molecule has 1 aliphatic heterocycles. The molecule has 1 aliphatic rings. The van der Waals surface area contributed by atoms with E-state index in [1.165, 1.54) is 4.90 Å². The summed E-state index contributed by atoms with van der Waals surface area (Å²) in [5, 5.41) is 9.19. The van der Waals surface area contributed by atoms with Crippen molar-refractivity contribution in [3.8, 4) is 0 Å². The van der Waals surface area contributed by atoms with E-state index in [9.17, 15) is 14.7 Å². The Morgan fingerprint density at radius 3 is 2.68 bits per heavy atom. The van der Waals surface area contributed by atoms with E-state index in [1.807, 2.05) is 0 Å². The Morgan fingerprint density at radius 1 is 1.32 bits per heavy atom. The summed E-state index contributed by atoms with van der Waals surface area (Å²) in [7, 11) is 0. The number of aliphatic carboxylic acids is 1. The van der Waals surface area contributed by atoms with Crippen LogP contribution in [0.1, 0.15) is 29.6 Å². The van der Waals surface area contributed by atoms with Gasteiger partial charge < -0.3 is 15.7 Å². The quantitative estimate of drug-likeness (QED) is 0.815. The van der Waals surface area contributed by atoms with Crippen LogP contribution in [0, 0.1) is 0 Å². The van der Waals surface area contributed by atoms with Crippen molar-refractivity contribution in [1.29, 1.82) is 0 Å². The molecule has 0 spiro atoms. The first-order chi connectivity index (χ1) is 8.99. The monoisotopic (exact) mass is 326 g/mol. The van der Waals surface area contributed by atoms with Gasteiger partial charge in [0, 0.05) is 22.3 Å². The minimum Gasteiger partial charge on any atom is -0.480 e. The fraction of sp³-hybridized carbons (Fsp3) is 0.385. The number of nitrogens with zero attached hydrogens (tertiary/aromatic N) is 1. The van der Waals surface area contributed by atoms with Gasteiger partial charge in [-0.1, -0.05) is 15.9 Å². The molecule has 0 aromatic heterocycles. The smallest absolute Gasteiger partial charge is 0.326 e. The van der Waals surface area contributed by atoms with Gasteiger partial charge in [0.2, 0.25) is 0 Å². The highest BCUT2D eigenvalue weighted by Crippen LogP contribution is 2.23. The van der Waals surface area contributed by atoms with Gasteiger partial charge in [-0.2, -0.15) is 0 Å². The van der Waals surface area contributed by atoms with E-state index in [2.05, 4.69) is 15.9 Å². The summed E-state index contributed by atoms with van der Waals surface area (Å²) in [4.78, 5) is 25.0. The molecular formula is C13H15BrN2O3. The predicted molar refractivity (Wildman–Crippen MR) is 74.9 cm³/mol. The first kappa shape index (κ1) is 13.9. The number of carboxylic acids is 1. The third-order valence-corrected chi connectivity index (χ3v) is 3.67. The van der Waals surface area contributed by atoms with Gasteiger partial charge in [-0.05, 0) is 37.5 Å². The molecule has 1 fully saturated rings. The number of carbonyl (C=O) groups is 2. The maximum absolute atomic E-state index is 12.4. The standard InChI is InChI=1S/C13H15BrN2O3/c14-9-5-8(6-10(15)7-9)12(17)16-4-2-1-3-11(16)13(18)19/h5-7,11H,1-4,15H2,(H,18,19)/t11-/m1/s1. The van der Waals surface area contributed by atoms with Gasteiger partial charge >= 0.3 is 5.97 Å². The van der Waals surface area contributed by atoms with Crippen molar-refractivity contribution in [3.63, 3.8) is 0 Å². The Labute approximate surface area is 119 Å². The van der Waals surface area contributed by atoms with Crippen molar-refractivity contribution >= 4 is 33.5 Å². The van der Waals surface area contributed by atoms with E-state index in [0.29, 0.717) is 28.7 Å². The molecule has 1 amide bonds. The van der Waals surface area contributed by atoms with Crippen molar-refractivity contribution in [1.82, 2.24) is 4.90 Å². The van der Waals surface area contributed by atoms with Crippen LogP contribution < -0.4 is 5.73 Å². The molecule has 1 aromatic rings. The molecule has 0 saturated carbocycles. The van der Waals surface area contributed by atoms with Crippen LogP contribution in [0.4, 0.5) is 5.69 Å². The minimum atomic E-state index is -0.948. The second-order valence-electron chi connectivity index (χ2n) is 4.62. The van der Waals surface area contributed by atoms with Crippen molar-refractivity contribution in [2.75, 3.05) is 12.3 Å². The molecule has 1 atom stereocenters. The third-order valence-electron chi connectivity index (χ3n) is 3.22. The Bertz CT molecular complexity index is 498. The molecule has 5 nitrogen and oxygen atoms in total. The molecule has 2 rings (SSSR count). The first-order valence-electron chi connectivity index (χ1n) is 6.09. The lowest BCUT2D eigenvalue weighted by Crippen LogP contribution is -2.48. The van der Waals surface area contributed by atoms with Crippen LogP contribution in [-0.2, 0) is 4.79 Å². The van der Waals surface area contributed by atoms with Gasteiger partial charge in [-0.3, -0.25) is 4.79 Å². The molecule has 0 bridgehead atoms.